The first kappa shape index (κ1) is 14.4. The van der Waals surface area contributed by atoms with E-state index in [0.29, 0.717) is 0 Å². The van der Waals surface area contributed by atoms with Crippen LogP contribution >= 0.6 is 0 Å². The van der Waals surface area contributed by atoms with Crippen LogP contribution in [0.2, 0.25) is 0 Å². The number of nitrogens with zero attached hydrogens (tertiary/aromatic N) is 1. The van der Waals surface area contributed by atoms with Gasteiger partial charge in [-0.05, 0) is 39.1 Å². The van der Waals surface area contributed by atoms with Gasteiger partial charge in [0.25, 0.3) is 0 Å². The van der Waals surface area contributed by atoms with E-state index in [2.05, 4.69) is 0 Å². The number of rotatable bonds is 3. The van der Waals surface area contributed by atoms with Gasteiger partial charge in [-0.15, -0.1) is 0 Å². The van der Waals surface area contributed by atoms with Gasteiger partial charge in [-0.1, -0.05) is 25.3 Å². The second kappa shape index (κ2) is 5.55. The Bertz CT molecular complexity index is 422. The van der Waals surface area contributed by atoms with E-state index in [1.54, 1.807) is 0 Å². The zero-order chi connectivity index (χ0) is 14.0. The van der Waals surface area contributed by atoms with Gasteiger partial charge in [0.1, 0.15) is 17.7 Å². The molecule has 1 aromatic carbocycles. The highest BCUT2D eigenvalue weighted by atomic mass is 19.1. The molecule has 0 spiro atoms. The van der Waals surface area contributed by atoms with Crippen molar-refractivity contribution >= 4 is 0 Å². The SMILES string of the molecule is CN(C)C1(C(O)c2c(F)cccc2F)CCCCC1. The molecule has 0 saturated heterocycles. The Morgan fingerprint density at radius 1 is 1.11 bits per heavy atom. The van der Waals surface area contributed by atoms with Crippen LogP contribution in [0.25, 0.3) is 0 Å². The average molecular weight is 269 g/mol. The van der Waals surface area contributed by atoms with Crippen LogP contribution in [-0.2, 0) is 0 Å². The predicted molar refractivity (Wildman–Crippen MR) is 70.8 cm³/mol. The van der Waals surface area contributed by atoms with Gasteiger partial charge >= 0.3 is 0 Å². The number of aliphatic hydroxyl groups is 1. The summed E-state index contributed by atoms with van der Waals surface area (Å²) in [7, 11) is 3.74. The molecule has 106 valence electrons. The molecule has 19 heavy (non-hydrogen) atoms. The highest BCUT2D eigenvalue weighted by Crippen LogP contribution is 2.43. The standard InChI is InChI=1S/C15H21F2NO/c1-18(2)15(9-4-3-5-10-15)14(19)13-11(16)7-6-8-12(13)17/h6-8,14,19H,3-5,9-10H2,1-2H3. The number of aliphatic hydroxyl groups excluding tert-OH is 1. The Morgan fingerprint density at radius 3 is 2.11 bits per heavy atom. The molecule has 1 aromatic rings. The number of likely N-dealkylation sites (N-methyl/N-ethyl adjacent to an activating group) is 1. The lowest BCUT2D eigenvalue weighted by Gasteiger charge is -2.46. The van der Waals surface area contributed by atoms with E-state index in [4.69, 9.17) is 0 Å². The fourth-order valence-corrected chi connectivity index (χ4v) is 3.17. The predicted octanol–water partition coefficient (Wildman–Crippen LogP) is 3.26. The van der Waals surface area contributed by atoms with E-state index in [1.165, 1.54) is 18.2 Å². The van der Waals surface area contributed by atoms with Crippen molar-refractivity contribution in [1.82, 2.24) is 4.90 Å². The minimum Gasteiger partial charge on any atom is -0.386 e. The van der Waals surface area contributed by atoms with Gasteiger partial charge < -0.3 is 10.0 Å². The molecular formula is C15H21F2NO. The van der Waals surface area contributed by atoms with E-state index >= 15 is 0 Å². The Morgan fingerprint density at radius 2 is 1.63 bits per heavy atom. The molecule has 1 N–H and O–H groups in total. The molecule has 4 heteroatoms. The summed E-state index contributed by atoms with van der Waals surface area (Å²) in [5.41, 5.74) is -0.764. The lowest BCUT2D eigenvalue weighted by atomic mass is 9.74. The molecule has 0 heterocycles. The normalized spacial score (nSPS) is 20.5. The molecular weight excluding hydrogens is 248 g/mol. The van der Waals surface area contributed by atoms with Gasteiger partial charge in [-0.3, -0.25) is 0 Å². The Labute approximate surface area is 113 Å². The number of hydrogen-bond acceptors (Lipinski definition) is 2. The molecule has 2 nitrogen and oxygen atoms in total. The molecule has 0 amide bonds. The molecule has 1 saturated carbocycles. The Balaban J connectivity index is 2.42. The quantitative estimate of drug-likeness (QED) is 0.910. The molecule has 1 aliphatic carbocycles. The van der Waals surface area contributed by atoms with E-state index < -0.39 is 23.3 Å². The molecule has 0 aromatic heterocycles. The van der Waals surface area contributed by atoms with E-state index in [9.17, 15) is 13.9 Å². The third-order valence-corrected chi connectivity index (χ3v) is 4.39. The second-order valence-corrected chi connectivity index (χ2v) is 5.60. The largest absolute Gasteiger partial charge is 0.386 e. The molecule has 0 radical (unpaired) electrons. The van der Waals surface area contributed by atoms with Crippen molar-refractivity contribution in [1.29, 1.82) is 0 Å². The molecule has 0 bridgehead atoms. The van der Waals surface area contributed by atoms with Gasteiger partial charge in [0.15, 0.2) is 0 Å². The summed E-state index contributed by atoms with van der Waals surface area (Å²) in [5, 5.41) is 10.6. The monoisotopic (exact) mass is 269 g/mol. The summed E-state index contributed by atoms with van der Waals surface area (Å²) in [6.07, 6.45) is 3.45. The summed E-state index contributed by atoms with van der Waals surface area (Å²) in [6, 6.07) is 3.73. The smallest absolute Gasteiger partial charge is 0.132 e. The van der Waals surface area contributed by atoms with E-state index in [0.717, 1.165) is 32.1 Å². The van der Waals surface area contributed by atoms with Gasteiger partial charge in [-0.2, -0.15) is 0 Å². The van der Waals surface area contributed by atoms with Crippen LogP contribution in [0, 0.1) is 11.6 Å². The summed E-state index contributed by atoms with van der Waals surface area (Å²) < 4.78 is 27.7. The fraction of sp³-hybridized carbons (Fsp3) is 0.600. The van der Waals surface area contributed by atoms with Crippen molar-refractivity contribution in [3.63, 3.8) is 0 Å². The van der Waals surface area contributed by atoms with Crippen LogP contribution in [0.15, 0.2) is 18.2 Å². The first-order chi connectivity index (χ1) is 8.99. The molecule has 0 aliphatic heterocycles. The van der Waals surface area contributed by atoms with E-state index in [1.807, 2.05) is 19.0 Å². The Kier molecular flexibility index (Phi) is 4.21. The van der Waals surface area contributed by atoms with Gasteiger partial charge in [0, 0.05) is 0 Å². The Hall–Kier alpha value is -1.00. The van der Waals surface area contributed by atoms with Crippen molar-refractivity contribution in [3.05, 3.63) is 35.4 Å². The minimum absolute atomic E-state index is 0.196. The van der Waals surface area contributed by atoms with Crippen molar-refractivity contribution in [2.75, 3.05) is 14.1 Å². The van der Waals surface area contributed by atoms with Crippen LogP contribution < -0.4 is 0 Å². The molecule has 1 unspecified atom stereocenters. The zero-order valence-corrected chi connectivity index (χ0v) is 11.5. The van der Waals surface area contributed by atoms with Crippen LogP contribution in [0.5, 0.6) is 0 Å². The number of benzene rings is 1. The van der Waals surface area contributed by atoms with Crippen LogP contribution in [-0.4, -0.2) is 29.6 Å². The van der Waals surface area contributed by atoms with Gasteiger partial charge in [0.2, 0.25) is 0 Å². The second-order valence-electron chi connectivity index (χ2n) is 5.60. The topological polar surface area (TPSA) is 23.5 Å². The first-order valence-corrected chi connectivity index (χ1v) is 6.78. The molecule has 1 atom stereocenters. The maximum Gasteiger partial charge on any atom is 0.132 e. The summed E-state index contributed by atoms with van der Waals surface area (Å²) in [5.74, 6) is -1.33. The average Bonchev–Trinajstić information content (AvgIpc) is 2.39. The highest BCUT2D eigenvalue weighted by Gasteiger charge is 2.43. The van der Waals surface area contributed by atoms with Crippen LogP contribution in [0.3, 0.4) is 0 Å². The maximum absolute atomic E-state index is 13.9. The van der Waals surface area contributed by atoms with Crippen molar-refractivity contribution in [2.24, 2.45) is 0 Å². The van der Waals surface area contributed by atoms with Crippen LogP contribution in [0.4, 0.5) is 8.78 Å². The minimum atomic E-state index is -1.14. The van der Waals surface area contributed by atoms with Crippen molar-refractivity contribution < 1.29 is 13.9 Å². The summed E-state index contributed by atoms with van der Waals surface area (Å²) in [4.78, 5) is 1.92. The molecule has 1 aliphatic rings. The summed E-state index contributed by atoms with van der Waals surface area (Å²) >= 11 is 0. The van der Waals surface area contributed by atoms with Crippen molar-refractivity contribution in [2.45, 2.75) is 43.7 Å². The first-order valence-electron chi connectivity index (χ1n) is 6.78. The zero-order valence-electron chi connectivity index (χ0n) is 11.5. The van der Waals surface area contributed by atoms with Crippen LogP contribution in [0.1, 0.15) is 43.8 Å². The summed E-state index contributed by atoms with van der Waals surface area (Å²) in [6.45, 7) is 0. The third-order valence-electron chi connectivity index (χ3n) is 4.39. The van der Waals surface area contributed by atoms with Crippen molar-refractivity contribution in [3.8, 4) is 0 Å². The maximum atomic E-state index is 13.9. The van der Waals surface area contributed by atoms with Gasteiger partial charge in [-0.25, -0.2) is 8.78 Å². The van der Waals surface area contributed by atoms with E-state index in [-0.39, 0.29) is 5.56 Å². The number of hydrogen-bond donors (Lipinski definition) is 1. The third kappa shape index (κ3) is 2.51. The lowest BCUT2D eigenvalue weighted by Crippen LogP contribution is -2.51. The fourth-order valence-electron chi connectivity index (χ4n) is 3.17. The van der Waals surface area contributed by atoms with Gasteiger partial charge in [0.05, 0.1) is 11.1 Å². The highest BCUT2D eigenvalue weighted by molar-refractivity contribution is 5.25. The molecule has 2 rings (SSSR count). The lowest BCUT2D eigenvalue weighted by molar-refractivity contribution is -0.0369. The number of halogens is 2. The molecule has 1 fully saturated rings.